The molecular weight excluding hydrogens is 468 g/mol. The van der Waals surface area contributed by atoms with Gasteiger partial charge in [0.1, 0.15) is 0 Å². The summed E-state index contributed by atoms with van der Waals surface area (Å²) >= 11 is 0. The standard InChI is InChI=1S/C24H44N2O6Si2/c1-23(2,3)33(7,8)31-16(27)12-14-13-11-15(17(14)20(25)28)19(18(13)21(26)29)22(30)32-34(9,10)24(4,5)6/h13-15,17-19H,11-12H2,1-10H3,(H2,25,28)(H2,26,29). The fourth-order valence-corrected chi connectivity index (χ4v) is 6.99. The van der Waals surface area contributed by atoms with E-state index in [-0.39, 0.29) is 28.4 Å². The largest absolute Gasteiger partial charge is 0.519 e. The molecule has 2 saturated carbocycles. The summed E-state index contributed by atoms with van der Waals surface area (Å²) in [5, 5.41) is -0.365. The summed E-state index contributed by atoms with van der Waals surface area (Å²) in [7, 11) is -4.80. The van der Waals surface area contributed by atoms with Crippen LogP contribution in [0, 0.1) is 35.5 Å². The van der Waals surface area contributed by atoms with Crippen molar-refractivity contribution in [2.45, 2.75) is 90.6 Å². The van der Waals surface area contributed by atoms with Gasteiger partial charge in [0.15, 0.2) is 0 Å². The van der Waals surface area contributed by atoms with Gasteiger partial charge in [-0.1, -0.05) is 41.5 Å². The summed E-state index contributed by atoms with van der Waals surface area (Å²) in [4.78, 5) is 51.4. The molecule has 2 aliphatic carbocycles. The molecule has 0 aliphatic heterocycles. The van der Waals surface area contributed by atoms with E-state index in [1.807, 2.05) is 67.7 Å². The maximum absolute atomic E-state index is 13.4. The Kier molecular flexibility index (Phi) is 7.62. The highest BCUT2D eigenvalue weighted by Crippen LogP contribution is 2.60. The Balaban J connectivity index is 2.33. The summed E-state index contributed by atoms with van der Waals surface area (Å²) in [6.07, 6.45) is 0.422. The van der Waals surface area contributed by atoms with Crippen molar-refractivity contribution < 1.29 is 28.0 Å². The zero-order valence-electron chi connectivity index (χ0n) is 22.5. The van der Waals surface area contributed by atoms with E-state index in [9.17, 15) is 19.2 Å². The Labute approximate surface area is 206 Å². The minimum atomic E-state index is -2.45. The third-order valence-corrected chi connectivity index (χ3v) is 17.7. The molecule has 0 radical (unpaired) electrons. The van der Waals surface area contributed by atoms with Crippen LogP contribution in [0.2, 0.25) is 36.3 Å². The molecule has 6 unspecified atom stereocenters. The Hall–Kier alpha value is -1.69. The van der Waals surface area contributed by atoms with E-state index in [4.69, 9.17) is 20.3 Å². The molecule has 2 rings (SSSR count). The van der Waals surface area contributed by atoms with Crippen LogP contribution >= 0.6 is 0 Å². The second kappa shape index (κ2) is 9.07. The SMILES string of the molecule is CC(C)(C)[Si](C)(C)OC(=O)CC1C2CC(C1C(N)=O)C(C(=O)O[Si](C)(C)C(C)(C)C)C2C(N)=O. The van der Waals surface area contributed by atoms with Crippen LogP contribution in [0.25, 0.3) is 0 Å². The van der Waals surface area contributed by atoms with E-state index in [1.54, 1.807) is 0 Å². The molecule has 2 amide bonds. The number of carbonyl (C=O) groups excluding carboxylic acids is 4. The van der Waals surface area contributed by atoms with Crippen molar-refractivity contribution in [1.82, 2.24) is 0 Å². The van der Waals surface area contributed by atoms with E-state index >= 15 is 0 Å². The highest BCUT2D eigenvalue weighted by molar-refractivity contribution is 6.75. The van der Waals surface area contributed by atoms with Gasteiger partial charge in [0, 0.05) is 12.3 Å². The number of primary amides is 2. The van der Waals surface area contributed by atoms with Gasteiger partial charge in [0.25, 0.3) is 28.6 Å². The normalized spacial score (nSPS) is 29.6. The predicted octanol–water partition coefficient (Wildman–Crippen LogP) is 3.56. The van der Waals surface area contributed by atoms with Gasteiger partial charge in [-0.15, -0.1) is 0 Å². The fourth-order valence-electron chi connectivity index (χ4n) is 5.09. The first-order chi connectivity index (χ1) is 15.1. The van der Waals surface area contributed by atoms with Gasteiger partial charge in [-0.2, -0.15) is 0 Å². The first kappa shape index (κ1) is 28.6. The smallest absolute Gasteiger partial charge is 0.296 e. The molecule has 0 aromatic carbocycles. The van der Waals surface area contributed by atoms with Gasteiger partial charge in [0.2, 0.25) is 11.8 Å². The van der Waals surface area contributed by atoms with Crippen molar-refractivity contribution in [1.29, 1.82) is 0 Å². The molecule has 194 valence electrons. The lowest BCUT2D eigenvalue weighted by Crippen LogP contribution is -2.52. The van der Waals surface area contributed by atoms with E-state index < -0.39 is 64.0 Å². The monoisotopic (exact) mass is 512 g/mol. The zero-order valence-corrected chi connectivity index (χ0v) is 24.5. The van der Waals surface area contributed by atoms with Crippen LogP contribution in [0.1, 0.15) is 54.4 Å². The Morgan fingerprint density at radius 1 is 0.735 bits per heavy atom. The van der Waals surface area contributed by atoms with Gasteiger partial charge in [0.05, 0.1) is 11.8 Å². The average molecular weight is 513 g/mol. The Bertz CT molecular complexity index is 857. The second-order valence-electron chi connectivity index (χ2n) is 13.2. The third-order valence-electron chi connectivity index (χ3n) is 8.99. The van der Waals surface area contributed by atoms with Crippen LogP contribution in [0.3, 0.4) is 0 Å². The maximum atomic E-state index is 13.4. The van der Waals surface area contributed by atoms with Crippen molar-refractivity contribution in [3.05, 3.63) is 0 Å². The van der Waals surface area contributed by atoms with E-state index in [0.29, 0.717) is 6.42 Å². The molecule has 0 aromatic heterocycles. The summed E-state index contributed by atoms with van der Waals surface area (Å²) in [5.74, 6) is -5.67. The molecule has 4 N–H and O–H groups in total. The number of nitrogens with two attached hydrogens (primary N) is 2. The predicted molar refractivity (Wildman–Crippen MR) is 135 cm³/mol. The van der Waals surface area contributed by atoms with Crippen molar-refractivity contribution in [2.24, 2.45) is 47.0 Å². The van der Waals surface area contributed by atoms with Crippen LogP contribution in [-0.2, 0) is 28.0 Å². The number of hydrogen-bond acceptors (Lipinski definition) is 6. The highest BCUT2D eigenvalue weighted by atomic mass is 28.4. The fraction of sp³-hybridized carbons (Fsp3) is 0.833. The lowest BCUT2D eigenvalue weighted by molar-refractivity contribution is -0.152. The third kappa shape index (κ3) is 5.27. The molecule has 10 heteroatoms. The van der Waals surface area contributed by atoms with Crippen LogP contribution in [0.5, 0.6) is 0 Å². The number of fused-ring (bicyclic) bond motifs is 2. The number of rotatable bonds is 7. The van der Waals surface area contributed by atoms with E-state index in [1.165, 1.54) is 0 Å². The Morgan fingerprint density at radius 3 is 1.59 bits per heavy atom. The van der Waals surface area contributed by atoms with Crippen LogP contribution in [-0.4, -0.2) is 40.4 Å². The molecular formula is C24H44N2O6Si2. The number of hydrogen-bond donors (Lipinski definition) is 2. The van der Waals surface area contributed by atoms with E-state index in [0.717, 1.165) is 0 Å². The molecule has 2 bridgehead atoms. The molecule has 2 fully saturated rings. The molecule has 0 spiro atoms. The van der Waals surface area contributed by atoms with Crippen molar-refractivity contribution >= 4 is 40.4 Å². The van der Waals surface area contributed by atoms with Gasteiger partial charge in [-0.3, -0.25) is 19.2 Å². The molecule has 34 heavy (non-hydrogen) atoms. The lowest BCUT2D eigenvalue weighted by atomic mass is 9.66. The summed E-state index contributed by atoms with van der Waals surface area (Å²) in [6.45, 7) is 20.1. The average Bonchev–Trinajstić information content (AvgIpc) is 3.14. The minimum absolute atomic E-state index is 0.0188. The molecule has 0 heterocycles. The van der Waals surface area contributed by atoms with Crippen molar-refractivity contribution in [3.8, 4) is 0 Å². The Morgan fingerprint density at radius 2 is 1.18 bits per heavy atom. The van der Waals surface area contributed by atoms with Gasteiger partial charge in [-0.05, 0) is 60.4 Å². The quantitative estimate of drug-likeness (QED) is 0.500. The van der Waals surface area contributed by atoms with Crippen LogP contribution in [0.15, 0.2) is 0 Å². The number of carbonyl (C=O) groups is 4. The zero-order chi connectivity index (χ0) is 26.6. The first-order valence-electron chi connectivity index (χ1n) is 12.2. The maximum Gasteiger partial charge on any atom is 0.296 e. The van der Waals surface area contributed by atoms with E-state index in [2.05, 4.69) is 0 Å². The van der Waals surface area contributed by atoms with Crippen molar-refractivity contribution in [2.75, 3.05) is 0 Å². The lowest BCUT2D eigenvalue weighted by Gasteiger charge is -2.41. The summed E-state index contributed by atoms with van der Waals surface area (Å²) in [5.41, 5.74) is 11.6. The van der Waals surface area contributed by atoms with Crippen molar-refractivity contribution in [3.63, 3.8) is 0 Å². The van der Waals surface area contributed by atoms with Gasteiger partial charge >= 0.3 is 0 Å². The molecule has 8 nitrogen and oxygen atoms in total. The molecule has 2 aliphatic rings. The first-order valence-corrected chi connectivity index (χ1v) is 18.0. The molecule has 6 atom stereocenters. The van der Waals surface area contributed by atoms with Crippen LogP contribution < -0.4 is 11.5 Å². The van der Waals surface area contributed by atoms with Crippen LogP contribution in [0.4, 0.5) is 0 Å². The molecule has 0 aromatic rings. The highest BCUT2D eigenvalue weighted by Gasteiger charge is 2.64. The van der Waals surface area contributed by atoms with Gasteiger partial charge in [-0.25, -0.2) is 0 Å². The van der Waals surface area contributed by atoms with Gasteiger partial charge < -0.3 is 20.3 Å². The second-order valence-corrected chi connectivity index (χ2v) is 22.7. The minimum Gasteiger partial charge on any atom is -0.519 e. The summed E-state index contributed by atoms with van der Waals surface area (Å²) < 4.78 is 11.9. The topological polar surface area (TPSA) is 139 Å². The summed E-state index contributed by atoms with van der Waals surface area (Å²) in [6, 6.07) is 0. The molecule has 0 saturated heterocycles. The number of amides is 2.